The summed E-state index contributed by atoms with van der Waals surface area (Å²) >= 11 is 3.37. The van der Waals surface area contributed by atoms with Crippen LogP contribution < -0.4 is 10.1 Å². The highest BCUT2D eigenvalue weighted by Gasteiger charge is 2.09. The van der Waals surface area contributed by atoms with Crippen LogP contribution in [0.5, 0.6) is 5.75 Å². The molecule has 0 radical (unpaired) electrons. The van der Waals surface area contributed by atoms with Crippen molar-refractivity contribution in [2.45, 2.75) is 13.3 Å². The molecule has 5 heteroatoms. The number of hydrogen-bond donors (Lipinski definition) is 1. The molecule has 0 aliphatic carbocycles. The minimum absolute atomic E-state index is 0.108. The highest BCUT2D eigenvalue weighted by atomic mass is 79.9. The molecule has 110 valence electrons. The Bertz CT molecular complexity index is 673. The molecule has 0 bridgehead atoms. The monoisotopic (exact) mass is 351 g/mol. The lowest BCUT2D eigenvalue weighted by Gasteiger charge is -2.09. The number of ether oxygens (including phenoxy) is 1. The molecule has 0 atom stereocenters. The molecule has 3 nitrogen and oxygen atoms in total. The fraction of sp³-hybridized carbons (Fsp3) is 0.188. The van der Waals surface area contributed by atoms with Gasteiger partial charge in [0.05, 0.1) is 13.5 Å². The van der Waals surface area contributed by atoms with Crippen molar-refractivity contribution in [3.8, 4) is 5.75 Å². The second kappa shape index (κ2) is 6.72. The van der Waals surface area contributed by atoms with Crippen molar-refractivity contribution in [3.63, 3.8) is 0 Å². The molecular formula is C16H15BrFNO2. The smallest absolute Gasteiger partial charge is 0.228 e. The van der Waals surface area contributed by atoms with Crippen LogP contribution in [0.4, 0.5) is 10.1 Å². The van der Waals surface area contributed by atoms with Crippen molar-refractivity contribution < 1.29 is 13.9 Å². The predicted molar refractivity (Wildman–Crippen MR) is 84.2 cm³/mol. The van der Waals surface area contributed by atoms with Crippen molar-refractivity contribution in [1.29, 1.82) is 0 Å². The van der Waals surface area contributed by atoms with E-state index in [1.165, 1.54) is 19.2 Å². The number of anilines is 1. The number of nitrogens with one attached hydrogen (secondary N) is 1. The molecule has 2 aromatic rings. The Hall–Kier alpha value is -1.88. The van der Waals surface area contributed by atoms with E-state index in [1.54, 1.807) is 6.07 Å². The number of hydrogen-bond acceptors (Lipinski definition) is 2. The third-order valence-electron chi connectivity index (χ3n) is 3.04. The Morgan fingerprint density at radius 3 is 2.67 bits per heavy atom. The number of benzene rings is 2. The zero-order valence-corrected chi connectivity index (χ0v) is 13.3. The van der Waals surface area contributed by atoms with Crippen molar-refractivity contribution in [2.75, 3.05) is 12.4 Å². The van der Waals surface area contributed by atoms with Gasteiger partial charge < -0.3 is 10.1 Å². The lowest BCUT2D eigenvalue weighted by atomic mass is 10.1. The molecule has 0 saturated carbocycles. The van der Waals surface area contributed by atoms with E-state index in [4.69, 9.17) is 4.74 Å². The fourth-order valence-electron chi connectivity index (χ4n) is 1.97. The van der Waals surface area contributed by atoms with Gasteiger partial charge in [-0.1, -0.05) is 22.0 Å². The molecule has 0 aliphatic heterocycles. The maximum absolute atomic E-state index is 13.6. The molecule has 0 saturated heterocycles. The summed E-state index contributed by atoms with van der Waals surface area (Å²) in [5.74, 6) is -0.490. The molecule has 0 spiro atoms. The quantitative estimate of drug-likeness (QED) is 0.900. The van der Waals surface area contributed by atoms with E-state index in [0.29, 0.717) is 5.56 Å². The van der Waals surface area contributed by atoms with Crippen LogP contribution in [-0.4, -0.2) is 13.0 Å². The highest BCUT2D eigenvalue weighted by molar-refractivity contribution is 9.10. The SMILES string of the molecule is COc1ccc(CC(=O)Nc2ccc(Br)cc2C)cc1F. The molecule has 21 heavy (non-hydrogen) atoms. The van der Waals surface area contributed by atoms with Crippen LogP contribution in [-0.2, 0) is 11.2 Å². The average Bonchev–Trinajstić information content (AvgIpc) is 2.42. The standard InChI is InChI=1S/C16H15BrFNO2/c1-10-7-12(17)4-5-14(10)19-16(20)9-11-3-6-15(21-2)13(18)8-11/h3-8H,9H2,1-2H3,(H,19,20). The predicted octanol–water partition coefficient (Wildman–Crippen LogP) is 4.09. The van der Waals surface area contributed by atoms with Crippen LogP contribution in [0.3, 0.4) is 0 Å². The van der Waals surface area contributed by atoms with Crippen molar-refractivity contribution in [2.24, 2.45) is 0 Å². The molecule has 0 aromatic heterocycles. The number of methoxy groups -OCH3 is 1. The van der Waals surface area contributed by atoms with E-state index < -0.39 is 5.82 Å². The van der Waals surface area contributed by atoms with E-state index in [-0.39, 0.29) is 18.1 Å². The number of amides is 1. The number of carbonyl (C=O) groups is 1. The van der Waals surface area contributed by atoms with Gasteiger partial charge in [-0.2, -0.15) is 0 Å². The molecule has 0 aliphatic rings. The summed E-state index contributed by atoms with van der Waals surface area (Å²) in [5.41, 5.74) is 2.30. The third-order valence-corrected chi connectivity index (χ3v) is 3.54. The van der Waals surface area contributed by atoms with Crippen molar-refractivity contribution >= 4 is 27.5 Å². The van der Waals surface area contributed by atoms with Crippen molar-refractivity contribution in [1.82, 2.24) is 0 Å². The van der Waals surface area contributed by atoms with Crippen LogP contribution >= 0.6 is 15.9 Å². The van der Waals surface area contributed by atoms with Gasteiger partial charge in [-0.15, -0.1) is 0 Å². The van der Waals surface area contributed by atoms with Gasteiger partial charge in [-0.3, -0.25) is 4.79 Å². The number of aryl methyl sites for hydroxylation is 1. The minimum atomic E-state index is -0.470. The second-order valence-corrected chi connectivity index (χ2v) is 5.57. The molecule has 1 amide bonds. The molecule has 0 fully saturated rings. The molecule has 2 aromatic carbocycles. The zero-order chi connectivity index (χ0) is 15.4. The molecule has 2 rings (SSSR count). The topological polar surface area (TPSA) is 38.3 Å². The lowest BCUT2D eigenvalue weighted by Crippen LogP contribution is -2.15. The van der Waals surface area contributed by atoms with Crippen LogP contribution in [0.2, 0.25) is 0 Å². The van der Waals surface area contributed by atoms with Crippen LogP contribution in [0.1, 0.15) is 11.1 Å². The van der Waals surface area contributed by atoms with E-state index in [1.807, 2.05) is 25.1 Å². The summed E-state index contributed by atoms with van der Waals surface area (Å²) in [6, 6.07) is 10.1. The number of halogens is 2. The van der Waals surface area contributed by atoms with Gasteiger partial charge in [0, 0.05) is 10.2 Å². The zero-order valence-electron chi connectivity index (χ0n) is 11.7. The summed E-state index contributed by atoms with van der Waals surface area (Å²) in [4.78, 5) is 12.0. The first-order valence-electron chi connectivity index (χ1n) is 6.38. The molecular weight excluding hydrogens is 337 g/mol. The Kier molecular flexibility index (Phi) is 4.96. The van der Waals surface area contributed by atoms with Gasteiger partial charge in [0.25, 0.3) is 0 Å². The van der Waals surface area contributed by atoms with Gasteiger partial charge in [-0.05, 0) is 48.4 Å². The van der Waals surface area contributed by atoms with Crippen LogP contribution in [0, 0.1) is 12.7 Å². The Balaban J connectivity index is 2.06. The molecule has 1 N–H and O–H groups in total. The van der Waals surface area contributed by atoms with E-state index in [9.17, 15) is 9.18 Å². The van der Waals surface area contributed by atoms with Gasteiger partial charge in [0.15, 0.2) is 11.6 Å². The highest BCUT2D eigenvalue weighted by Crippen LogP contribution is 2.21. The molecule has 0 heterocycles. The summed E-state index contributed by atoms with van der Waals surface area (Å²) in [6.07, 6.45) is 0.108. The maximum atomic E-state index is 13.6. The average molecular weight is 352 g/mol. The van der Waals surface area contributed by atoms with Crippen LogP contribution in [0.25, 0.3) is 0 Å². The summed E-state index contributed by atoms with van der Waals surface area (Å²) < 4.78 is 19.4. The third kappa shape index (κ3) is 4.04. The summed E-state index contributed by atoms with van der Waals surface area (Å²) in [5, 5.41) is 2.82. The summed E-state index contributed by atoms with van der Waals surface area (Å²) in [6.45, 7) is 1.91. The van der Waals surface area contributed by atoms with E-state index in [2.05, 4.69) is 21.2 Å². The number of carbonyl (C=O) groups excluding carboxylic acids is 1. The first-order chi connectivity index (χ1) is 9.99. The van der Waals surface area contributed by atoms with Crippen LogP contribution in [0.15, 0.2) is 40.9 Å². The second-order valence-electron chi connectivity index (χ2n) is 4.65. The Labute approximate surface area is 131 Å². The Morgan fingerprint density at radius 2 is 2.05 bits per heavy atom. The van der Waals surface area contributed by atoms with Gasteiger partial charge in [-0.25, -0.2) is 4.39 Å². The van der Waals surface area contributed by atoms with Gasteiger partial charge in [0.1, 0.15) is 0 Å². The largest absolute Gasteiger partial charge is 0.494 e. The van der Waals surface area contributed by atoms with Crippen molar-refractivity contribution in [3.05, 3.63) is 57.8 Å². The normalized spacial score (nSPS) is 10.3. The van der Waals surface area contributed by atoms with Gasteiger partial charge >= 0.3 is 0 Å². The maximum Gasteiger partial charge on any atom is 0.228 e. The Morgan fingerprint density at radius 1 is 1.29 bits per heavy atom. The van der Waals surface area contributed by atoms with E-state index >= 15 is 0 Å². The minimum Gasteiger partial charge on any atom is -0.494 e. The van der Waals surface area contributed by atoms with Gasteiger partial charge in [0.2, 0.25) is 5.91 Å². The molecule has 0 unspecified atom stereocenters. The first-order valence-corrected chi connectivity index (χ1v) is 7.17. The summed E-state index contributed by atoms with van der Waals surface area (Å²) in [7, 11) is 1.40. The van der Waals surface area contributed by atoms with E-state index in [0.717, 1.165) is 15.7 Å². The fourth-order valence-corrected chi connectivity index (χ4v) is 2.44. The lowest BCUT2D eigenvalue weighted by molar-refractivity contribution is -0.115. The first kappa shape index (κ1) is 15.5. The number of rotatable bonds is 4.